The molecule has 1 amide bonds. The topological polar surface area (TPSA) is 127 Å². The summed E-state index contributed by atoms with van der Waals surface area (Å²) in [7, 11) is 0. The van der Waals surface area contributed by atoms with Crippen molar-refractivity contribution in [1.82, 2.24) is 15.1 Å². The highest BCUT2D eigenvalue weighted by atomic mass is 16.6. The minimum Gasteiger partial charge on any atom is -0.480 e. The zero-order chi connectivity index (χ0) is 17.8. The van der Waals surface area contributed by atoms with Gasteiger partial charge in [-0.2, -0.15) is 5.10 Å². The molecule has 0 saturated heterocycles. The van der Waals surface area contributed by atoms with E-state index >= 15 is 0 Å². The third-order valence-corrected chi connectivity index (χ3v) is 3.71. The van der Waals surface area contributed by atoms with Gasteiger partial charge < -0.3 is 10.4 Å². The van der Waals surface area contributed by atoms with E-state index in [9.17, 15) is 24.8 Å². The van der Waals surface area contributed by atoms with Gasteiger partial charge in [-0.3, -0.25) is 19.6 Å². The molecule has 2 N–H and O–H groups in total. The van der Waals surface area contributed by atoms with Crippen molar-refractivity contribution in [3.63, 3.8) is 0 Å². The molecule has 9 heteroatoms. The molecule has 0 fully saturated rings. The minimum absolute atomic E-state index is 0.00824. The van der Waals surface area contributed by atoms with Gasteiger partial charge in [0.25, 0.3) is 0 Å². The highest BCUT2D eigenvalue weighted by Crippen LogP contribution is 2.22. The predicted octanol–water partition coefficient (Wildman–Crippen LogP) is 1.56. The Morgan fingerprint density at radius 1 is 1.43 bits per heavy atom. The number of aryl methyl sites for hydroxylation is 2. The van der Waals surface area contributed by atoms with Crippen LogP contribution in [0.5, 0.6) is 0 Å². The quantitative estimate of drug-likeness (QED) is 0.551. The smallest absolute Gasteiger partial charge is 0.329 e. The van der Waals surface area contributed by atoms with Gasteiger partial charge in [-0.05, 0) is 27.2 Å². The normalized spacial score (nSPS) is 13.4. The molecule has 0 saturated carbocycles. The minimum atomic E-state index is -1.31. The molecule has 0 bridgehead atoms. The molecule has 1 aromatic heterocycles. The molecule has 0 radical (unpaired) electrons. The third-order valence-electron chi connectivity index (χ3n) is 3.71. The maximum absolute atomic E-state index is 12.0. The molecule has 128 valence electrons. The molecule has 0 aliphatic heterocycles. The van der Waals surface area contributed by atoms with Crippen LogP contribution in [0, 0.1) is 24.0 Å². The Labute approximate surface area is 133 Å². The van der Waals surface area contributed by atoms with Crippen molar-refractivity contribution in [2.45, 2.75) is 59.0 Å². The summed E-state index contributed by atoms with van der Waals surface area (Å²) >= 11 is 0. The summed E-state index contributed by atoms with van der Waals surface area (Å²) in [4.78, 5) is 33.7. The number of amides is 1. The van der Waals surface area contributed by atoms with Gasteiger partial charge in [0, 0.05) is 6.42 Å². The molecule has 1 unspecified atom stereocenters. The lowest BCUT2D eigenvalue weighted by Gasteiger charge is -2.25. The summed E-state index contributed by atoms with van der Waals surface area (Å²) in [6.45, 7) is 6.54. The maximum Gasteiger partial charge on any atom is 0.329 e. The number of hydrogen-bond acceptors (Lipinski definition) is 5. The number of nitrogens with zero attached hydrogens (tertiary/aromatic N) is 3. The van der Waals surface area contributed by atoms with Gasteiger partial charge in [0.15, 0.2) is 0 Å². The summed E-state index contributed by atoms with van der Waals surface area (Å²) < 4.78 is 1.39. The van der Waals surface area contributed by atoms with E-state index in [-0.39, 0.29) is 24.3 Å². The molecule has 1 aromatic rings. The van der Waals surface area contributed by atoms with Crippen LogP contribution in [0.3, 0.4) is 0 Å². The Hall–Kier alpha value is -2.45. The van der Waals surface area contributed by atoms with Crippen LogP contribution in [0.1, 0.15) is 44.5 Å². The second kappa shape index (κ2) is 7.21. The van der Waals surface area contributed by atoms with E-state index < -0.39 is 22.3 Å². The van der Waals surface area contributed by atoms with Crippen molar-refractivity contribution in [2.24, 2.45) is 0 Å². The monoisotopic (exact) mass is 326 g/mol. The number of carbonyl (C=O) groups excluding carboxylic acids is 1. The van der Waals surface area contributed by atoms with Crippen LogP contribution in [-0.4, -0.2) is 37.2 Å². The van der Waals surface area contributed by atoms with E-state index in [4.69, 9.17) is 0 Å². The first-order valence-corrected chi connectivity index (χ1v) is 7.35. The van der Waals surface area contributed by atoms with Crippen LogP contribution in [0.25, 0.3) is 0 Å². The lowest BCUT2D eigenvalue weighted by atomic mass is 9.96. The summed E-state index contributed by atoms with van der Waals surface area (Å²) in [6.07, 6.45) is 0.928. The number of nitro groups is 1. The number of carboxylic acids is 1. The van der Waals surface area contributed by atoms with Gasteiger partial charge in [0.1, 0.15) is 16.9 Å². The first kappa shape index (κ1) is 18.6. The zero-order valence-corrected chi connectivity index (χ0v) is 13.8. The van der Waals surface area contributed by atoms with Gasteiger partial charge in [0.2, 0.25) is 5.91 Å². The van der Waals surface area contributed by atoms with E-state index in [2.05, 4.69) is 10.4 Å². The third kappa shape index (κ3) is 4.27. The molecular weight excluding hydrogens is 304 g/mol. The second-order valence-corrected chi connectivity index (χ2v) is 5.69. The average molecular weight is 326 g/mol. The predicted molar refractivity (Wildman–Crippen MR) is 82.1 cm³/mol. The van der Waals surface area contributed by atoms with E-state index in [1.807, 2.05) is 6.92 Å². The SMILES string of the molecule is CCCC(C)(NC(=O)CCn1nc(C)c([N+](=O)[O-])c1C)C(=O)O. The fourth-order valence-corrected chi connectivity index (χ4v) is 2.47. The van der Waals surface area contributed by atoms with Gasteiger partial charge >= 0.3 is 11.7 Å². The number of aliphatic carboxylic acids is 1. The largest absolute Gasteiger partial charge is 0.480 e. The van der Waals surface area contributed by atoms with Crippen LogP contribution >= 0.6 is 0 Å². The molecule has 1 atom stereocenters. The molecule has 0 aliphatic carbocycles. The van der Waals surface area contributed by atoms with Gasteiger partial charge in [-0.25, -0.2) is 4.79 Å². The van der Waals surface area contributed by atoms with E-state index in [1.54, 1.807) is 6.92 Å². The lowest BCUT2D eigenvalue weighted by Crippen LogP contribution is -2.52. The highest BCUT2D eigenvalue weighted by molar-refractivity contribution is 5.86. The molecule has 0 aromatic carbocycles. The molecule has 1 heterocycles. The van der Waals surface area contributed by atoms with Crippen molar-refractivity contribution in [2.75, 3.05) is 0 Å². The fourth-order valence-electron chi connectivity index (χ4n) is 2.47. The Morgan fingerprint density at radius 3 is 2.48 bits per heavy atom. The zero-order valence-electron chi connectivity index (χ0n) is 13.8. The highest BCUT2D eigenvalue weighted by Gasteiger charge is 2.33. The van der Waals surface area contributed by atoms with Crippen molar-refractivity contribution < 1.29 is 19.6 Å². The molecule has 0 aliphatic rings. The fraction of sp³-hybridized carbons (Fsp3) is 0.643. The Morgan fingerprint density at radius 2 is 2.04 bits per heavy atom. The number of carbonyl (C=O) groups is 2. The first-order valence-electron chi connectivity index (χ1n) is 7.35. The lowest BCUT2D eigenvalue weighted by molar-refractivity contribution is -0.386. The Bertz CT molecular complexity index is 625. The Kier molecular flexibility index (Phi) is 5.83. The average Bonchev–Trinajstić information content (AvgIpc) is 2.71. The number of hydrogen-bond donors (Lipinski definition) is 2. The Balaban J connectivity index is 2.75. The van der Waals surface area contributed by atoms with Crippen LogP contribution in [0.4, 0.5) is 5.69 Å². The van der Waals surface area contributed by atoms with Crippen LogP contribution < -0.4 is 5.32 Å². The molecular formula is C14H22N4O5. The second-order valence-electron chi connectivity index (χ2n) is 5.69. The molecule has 23 heavy (non-hydrogen) atoms. The summed E-state index contributed by atoms with van der Waals surface area (Å²) in [6, 6.07) is 0. The summed E-state index contributed by atoms with van der Waals surface area (Å²) in [5, 5.41) is 26.7. The molecule has 1 rings (SSSR count). The van der Waals surface area contributed by atoms with Crippen LogP contribution in [0.15, 0.2) is 0 Å². The van der Waals surface area contributed by atoms with Gasteiger partial charge in [-0.15, -0.1) is 0 Å². The number of aromatic nitrogens is 2. The number of carboxylic acid groups (broad SMARTS) is 1. The van der Waals surface area contributed by atoms with Crippen molar-refractivity contribution in [3.05, 3.63) is 21.5 Å². The molecule has 0 spiro atoms. The van der Waals surface area contributed by atoms with Crippen LogP contribution in [0.2, 0.25) is 0 Å². The van der Waals surface area contributed by atoms with Crippen molar-refractivity contribution in [3.8, 4) is 0 Å². The van der Waals surface area contributed by atoms with E-state index in [1.165, 1.54) is 18.5 Å². The van der Waals surface area contributed by atoms with Crippen molar-refractivity contribution >= 4 is 17.6 Å². The number of nitrogens with one attached hydrogen (secondary N) is 1. The summed E-state index contributed by atoms with van der Waals surface area (Å²) in [5.41, 5.74) is -0.719. The summed E-state index contributed by atoms with van der Waals surface area (Å²) in [5.74, 6) is -1.52. The van der Waals surface area contributed by atoms with E-state index in [0.29, 0.717) is 18.5 Å². The van der Waals surface area contributed by atoms with E-state index in [0.717, 1.165) is 0 Å². The van der Waals surface area contributed by atoms with Gasteiger partial charge in [-0.1, -0.05) is 13.3 Å². The maximum atomic E-state index is 12.0. The first-order chi connectivity index (χ1) is 10.6. The number of rotatable bonds is 8. The van der Waals surface area contributed by atoms with Crippen molar-refractivity contribution in [1.29, 1.82) is 0 Å². The molecule has 9 nitrogen and oxygen atoms in total. The standard InChI is InChI=1S/C14H22N4O5/c1-5-7-14(4,13(20)21)15-11(19)6-8-17-10(3)12(18(22)23)9(2)16-17/h5-8H2,1-4H3,(H,15,19)(H,20,21). The van der Waals surface area contributed by atoms with Gasteiger partial charge in [0.05, 0.1) is 11.5 Å². The van der Waals surface area contributed by atoms with Crippen LogP contribution in [-0.2, 0) is 16.1 Å².